The van der Waals surface area contributed by atoms with E-state index in [-0.39, 0.29) is 22.4 Å². The Morgan fingerprint density at radius 3 is 1.48 bits per heavy atom. The maximum Gasteiger partial charge on any atom is 0 e. The van der Waals surface area contributed by atoms with Crippen molar-refractivity contribution in [1.29, 1.82) is 0 Å². The van der Waals surface area contributed by atoms with Gasteiger partial charge in [-0.3, -0.25) is 0 Å². The second kappa shape index (κ2) is 17.9. The van der Waals surface area contributed by atoms with Gasteiger partial charge in [0, 0.05) is 33.7 Å². The van der Waals surface area contributed by atoms with Crippen LogP contribution in [0.4, 0.5) is 0 Å². The molecule has 0 aliphatic heterocycles. The van der Waals surface area contributed by atoms with E-state index in [1.54, 1.807) is 7.11 Å². The van der Waals surface area contributed by atoms with Crippen LogP contribution in [0.3, 0.4) is 0 Å². The predicted octanol–water partition coefficient (Wildman–Crippen LogP) is 5.89. The number of methoxy groups -OCH3 is 1. The molecule has 0 bridgehead atoms. The molecule has 0 radical (unpaired) electrons. The number of rotatable bonds is 5. The van der Waals surface area contributed by atoms with Gasteiger partial charge in [-0.15, -0.1) is 0 Å². The van der Waals surface area contributed by atoms with Crippen LogP contribution in [0.2, 0.25) is 18.1 Å². The van der Waals surface area contributed by atoms with Gasteiger partial charge in [0.25, 0.3) is 0 Å². The second-order valence-corrected chi connectivity index (χ2v) is 13.2. The summed E-state index contributed by atoms with van der Waals surface area (Å²) in [5.41, 5.74) is 2.80. The summed E-state index contributed by atoms with van der Waals surface area (Å²) in [5, 5.41) is 0.770. The van der Waals surface area contributed by atoms with E-state index in [2.05, 4.69) is 59.8 Å². The number of ether oxygens (including phenoxy) is 1. The third kappa shape index (κ3) is 9.42. The molecule has 172 valence electrons. The van der Waals surface area contributed by atoms with Gasteiger partial charge in [0.2, 0.25) is 0 Å². The molecule has 5 nitrogen and oxygen atoms in total. The van der Waals surface area contributed by atoms with Gasteiger partial charge in [0.1, 0.15) is 19.8 Å². The number of benzene rings is 2. The number of allylic oxidation sites excluding steroid dienone is 2. The summed E-state index contributed by atoms with van der Waals surface area (Å²) in [4.78, 5) is 12.2. The topological polar surface area (TPSA) is 86.0 Å². The van der Waals surface area contributed by atoms with Crippen LogP contribution in [-0.2, 0) is 40.8 Å². The fraction of sp³-hybridized carbons (Fsp3) is 0.269. The zero-order chi connectivity index (χ0) is 25.4. The summed E-state index contributed by atoms with van der Waals surface area (Å²) in [5.74, 6) is 3.04. The van der Waals surface area contributed by atoms with E-state index in [0.29, 0.717) is 0 Å². The first kappa shape index (κ1) is 35.0. The second-order valence-electron chi connectivity index (χ2n) is 7.99. The minimum absolute atomic E-state index is 0. The summed E-state index contributed by atoms with van der Waals surface area (Å²) in [7, 11) is -0.471. The van der Waals surface area contributed by atoms with E-state index in [4.69, 9.17) is 18.7 Å². The fourth-order valence-corrected chi connectivity index (χ4v) is 4.70. The van der Waals surface area contributed by atoms with Crippen LogP contribution in [0.1, 0.15) is 31.9 Å². The average molecular weight is 501 g/mol. The smallest absolute Gasteiger partial charge is 0 e. The van der Waals surface area contributed by atoms with E-state index in [1.165, 1.54) is 0 Å². The Kier molecular flexibility index (Phi) is 19.0. The van der Waals surface area contributed by atoms with Crippen LogP contribution in [0.25, 0.3) is 11.3 Å². The average Bonchev–Trinajstić information content (AvgIpc) is 2.83. The zero-order valence-electron chi connectivity index (χ0n) is 19.7. The van der Waals surface area contributed by atoms with Crippen molar-refractivity contribution in [1.82, 2.24) is 0 Å². The SMILES string of the molecule is CO/C(=C(/C(=C=O)[Si](C)(C)C(C)(C)C)c1ccccc1)c1ccccc1.[C-]#[O+].[C-]#[O+].[C-]#[O+].[Cr]. The molecular formula is C26H28CrO5Si. The Balaban J connectivity index is -0.00000119. The van der Waals surface area contributed by atoms with E-state index < -0.39 is 8.07 Å². The molecule has 2 aromatic carbocycles. The zero-order valence-corrected chi connectivity index (χ0v) is 22.0. The van der Waals surface area contributed by atoms with Crippen LogP contribution in [0.5, 0.6) is 0 Å². The van der Waals surface area contributed by atoms with Gasteiger partial charge < -0.3 is 4.74 Å². The normalized spacial score (nSPS) is 10.3. The Morgan fingerprint density at radius 1 is 0.818 bits per heavy atom. The van der Waals surface area contributed by atoms with Crippen molar-refractivity contribution in [2.75, 3.05) is 7.11 Å². The molecule has 0 aliphatic carbocycles. The van der Waals surface area contributed by atoms with Crippen molar-refractivity contribution < 1.29 is 40.8 Å². The Labute approximate surface area is 208 Å². The Hall–Kier alpha value is -2.60. The fourth-order valence-electron chi connectivity index (χ4n) is 2.81. The van der Waals surface area contributed by atoms with Crippen molar-refractivity contribution >= 4 is 25.3 Å². The Bertz CT molecular complexity index is 948. The summed E-state index contributed by atoms with van der Waals surface area (Å²) < 4.78 is 28.3. The number of carbonyl (C=O) groups excluding carboxylic acids is 1. The van der Waals surface area contributed by atoms with Crippen LogP contribution < -0.4 is 0 Å². The largest absolute Gasteiger partial charge is 0 e. The summed E-state index contributed by atoms with van der Waals surface area (Å²) in [6.45, 7) is 24.6. The standard InChI is InChI=1S/C23H28O2Si.3CO.Cr/c1-23(2,3)26(5,6)20(17-24)21(18-13-9-7-10-14-18)22(25-4)19-15-11-8-12-16-19;3*1-2;/h7-16H,1-6H3;;;;/b22-21+;;;;. The van der Waals surface area contributed by atoms with Gasteiger partial charge in [0.15, 0.2) is 0 Å². The first-order valence-electron chi connectivity index (χ1n) is 9.50. The summed E-state index contributed by atoms with van der Waals surface area (Å²) >= 11 is 0. The molecular weight excluding hydrogens is 472 g/mol. The van der Waals surface area contributed by atoms with Crippen LogP contribution >= 0.6 is 0 Å². The number of hydrogen-bond donors (Lipinski definition) is 0. The predicted molar refractivity (Wildman–Crippen MR) is 125 cm³/mol. The van der Waals surface area contributed by atoms with E-state index in [9.17, 15) is 4.79 Å². The molecule has 0 atom stereocenters. The van der Waals surface area contributed by atoms with Gasteiger partial charge >= 0.3 is 33.9 Å². The molecule has 0 saturated carbocycles. The number of hydrogen-bond acceptors (Lipinski definition) is 2. The van der Waals surface area contributed by atoms with Crippen molar-refractivity contribution in [3.8, 4) is 0 Å². The molecule has 0 aliphatic rings. The van der Waals surface area contributed by atoms with Gasteiger partial charge in [-0.25, -0.2) is 4.79 Å². The van der Waals surface area contributed by atoms with Crippen LogP contribution in [-0.4, -0.2) is 21.1 Å². The molecule has 33 heavy (non-hydrogen) atoms. The third-order valence-electron chi connectivity index (χ3n) is 5.38. The van der Waals surface area contributed by atoms with Gasteiger partial charge in [-0.1, -0.05) is 94.5 Å². The minimum atomic E-state index is -2.14. The molecule has 0 N–H and O–H groups in total. The Morgan fingerprint density at radius 2 is 1.18 bits per heavy atom. The molecule has 0 aromatic heterocycles. The van der Waals surface area contributed by atoms with E-state index in [0.717, 1.165) is 27.7 Å². The van der Waals surface area contributed by atoms with Crippen molar-refractivity contribution in [2.45, 2.75) is 38.9 Å². The monoisotopic (exact) mass is 500 g/mol. The summed E-state index contributed by atoms with van der Waals surface area (Å²) in [6.07, 6.45) is 0. The maximum absolute atomic E-state index is 12.2. The molecule has 0 fully saturated rings. The van der Waals surface area contributed by atoms with Crippen LogP contribution in [0, 0.1) is 20.0 Å². The first-order chi connectivity index (χ1) is 15.2. The minimum Gasteiger partial charge on any atom is 0 e. The van der Waals surface area contributed by atoms with Gasteiger partial charge in [-0.2, -0.15) is 0 Å². The van der Waals surface area contributed by atoms with E-state index >= 15 is 0 Å². The van der Waals surface area contributed by atoms with Gasteiger partial charge in [0.05, 0.1) is 7.11 Å². The van der Waals surface area contributed by atoms with Gasteiger partial charge in [-0.05, 0) is 10.6 Å². The van der Waals surface area contributed by atoms with Crippen molar-refractivity contribution in [3.05, 3.63) is 96.9 Å². The molecule has 0 saturated heterocycles. The molecule has 2 rings (SSSR count). The molecule has 2 aromatic rings. The molecule has 0 spiro atoms. The molecule has 7 heteroatoms. The molecule has 0 heterocycles. The molecule has 0 unspecified atom stereocenters. The van der Waals surface area contributed by atoms with Crippen LogP contribution in [0.15, 0.2) is 65.9 Å². The first-order valence-corrected chi connectivity index (χ1v) is 12.5. The maximum atomic E-state index is 12.2. The van der Waals surface area contributed by atoms with E-state index in [1.807, 2.05) is 60.7 Å². The summed E-state index contributed by atoms with van der Waals surface area (Å²) in [6, 6.07) is 20.0. The van der Waals surface area contributed by atoms with Crippen molar-refractivity contribution in [3.63, 3.8) is 0 Å². The third-order valence-corrected chi connectivity index (χ3v) is 10.7. The molecule has 0 amide bonds. The quantitative estimate of drug-likeness (QED) is 0.0975. The van der Waals surface area contributed by atoms with Crippen molar-refractivity contribution in [2.24, 2.45) is 0 Å².